The molecule has 1 amide bonds. The molecule has 0 radical (unpaired) electrons. The van der Waals surface area contributed by atoms with Crippen LogP contribution in [0.5, 0.6) is 0 Å². The number of nitrogens with one attached hydrogen (secondary N) is 1. The van der Waals surface area contributed by atoms with Crippen LogP contribution in [-0.2, 0) is 6.54 Å². The zero-order chi connectivity index (χ0) is 20.4. The van der Waals surface area contributed by atoms with Crippen molar-refractivity contribution < 1.29 is 18.4 Å². The second-order valence-corrected chi connectivity index (χ2v) is 6.38. The number of hydrogen-bond donors (Lipinski definition) is 2. The highest BCUT2D eigenvalue weighted by Crippen LogP contribution is 2.25. The van der Waals surface area contributed by atoms with Crippen LogP contribution in [0.4, 0.5) is 8.78 Å². The number of benzene rings is 1. The number of fused-ring (bicyclic) bond motifs is 1. The van der Waals surface area contributed by atoms with Gasteiger partial charge in [-0.15, -0.1) is 0 Å². The summed E-state index contributed by atoms with van der Waals surface area (Å²) in [6.07, 6.45) is 3.05. The Hall–Kier alpha value is -3.13. The first-order chi connectivity index (χ1) is 13.4. The van der Waals surface area contributed by atoms with E-state index >= 15 is 0 Å². The highest BCUT2D eigenvalue weighted by atomic mass is 19.1. The van der Waals surface area contributed by atoms with E-state index in [4.69, 9.17) is 5.73 Å². The van der Waals surface area contributed by atoms with Gasteiger partial charge in [-0.2, -0.15) is 0 Å². The molecule has 0 unspecified atom stereocenters. The first-order valence-corrected chi connectivity index (χ1v) is 8.88. The van der Waals surface area contributed by atoms with E-state index in [9.17, 15) is 18.4 Å². The molecule has 3 aromatic rings. The number of aromatic nitrogens is 2. The third-order valence-corrected chi connectivity index (χ3v) is 4.72. The van der Waals surface area contributed by atoms with Crippen LogP contribution in [0, 0.1) is 11.6 Å². The predicted molar refractivity (Wildman–Crippen MR) is 101 cm³/mol. The van der Waals surface area contributed by atoms with E-state index in [1.54, 1.807) is 12.3 Å². The summed E-state index contributed by atoms with van der Waals surface area (Å²) in [5.41, 5.74) is 5.12. The molecule has 0 saturated heterocycles. The Balaban J connectivity index is 2.08. The predicted octanol–water partition coefficient (Wildman–Crippen LogP) is 3.01. The number of carbonyl (C=O) groups is 2. The molecular weight excluding hydrogens is 366 g/mol. The molecule has 3 rings (SSSR count). The Bertz CT molecular complexity index is 1060. The summed E-state index contributed by atoms with van der Waals surface area (Å²) >= 11 is 0. The summed E-state index contributed by atoms with van der Waals surface area (Å²) in [7, 11) is 0. The van der Waals surface area contributed by atoms with E-state index in [1.807, 2.05) is 13.8 Å². The molecule has 0 spiro atoms. The van der Waals surface area contributed by atoms with Crippen LogP contribution in [0.15, 0.2) is 30.6 Å². The topological polar surface area (TPSA) is 92.1 Å². The average molecular weight is 386 g/mol. The monoisotopic (exact) mass is 386 g/mol. The fourth-order valence-electron chi connectivity index (χ4n) is 3.11. The van der Waals surface area contributed by atoms with Gasteiger partial charge in [0, 0.05) is 29.9 Å². The van der Waals surface area contributed by atoms with Crippen molar-refractivity contribution in [2.24, 2.45) is 5.73 Å². The van der Waals surface area contributed by atoms with Crippen molar-refractivity contribution in [1.82, 2.24) is 14.9 Å². The normalized spacial score (nSPS) is 11.3. The summed E-state index contributed by atoms with van der Waals surface area (Å²) in [4.78, 5) is 33.5. The van der Waals surface area contributed by atoms with Gasteiger partial charge in [0.1, 0.15) is 17.3 Å². The van der Waals surface area contributed by atoms with Crippen LogP contribution in [0.1, 0.15) is 45.7 Å². The molecule has 3 N–H and O–H groups in total. The Kier molecular flexibility index (Phi) is 5.51. The number of pyridine rings is 1. The number of aromatic amines is 1. The lowest BCUT2D eigenvalue weighted by Crippen LogP contribution is -2.22. The van der Waals surface area contributed by atoms with Crippen LogP contribution in [0.3, 0.4) is 0 Å². The number of hydrogen-bond acceptors (Lipinski definition) is 4. The number of primary amides is 1. The molecule has 28 heavy (non-hydrogen) atoms. The van der Waals surface area contributed by atoms with E-state index in [0.717, 1.165) is 30.8 Å². The third kappa shape index (κ3) is 3.50. The molecule has 1 aromatic carbocycles. The van der Waals surface area contributed by atoms with Crippen LogP contribution in [-0.4, -0.2) is 39.6 Å². The highest BCUT2D eigenvalue weighted by molar-refractivity contribution is 6.16. The van der Waals surface area contributed by atoms with Crippen molar-refractivity contribution in [3.05, 3.63) is 64.5 Å². The standard InChI is InChI=1S/C20H20F2N4O2/c1-3-26(4-2)10-11-7-13-14(9-25-20(13)24-8-11)18(27)16-15(21)6-5-12(17(16)22)19(23)28/h5-9H,3-4,10H2,1-2H3,(H2,23,28)(H,24,25). The number of halogens is 2. The van der Waals surface area contributed by atoms with Gasteiger partial charge in [-0.3, -0.25) is 14.5 Å². The number of nitrogens with two attached hydrogens (primary N) is 1. The smallest absolute Gasteiger partial charge is 0.251 e. The lowest BCUT2D eigenvalue weighted by Gasteiger charge is -2.17. The fourth-order valence-corrected chi connectivity index (χ4v) is 3.11. The maximum atomic E-state index is 14.6. The Morgan fingerprint density at radius 1 is 1.18 bits per heavy atom. The van der Waals surface area contributed by atoms with Gasteiger partial charge in [-0.25, -0.2) is 13.8 Å². The van der Waals surface area contributed by atoms with Crippen molar-refractivity contribution in [2.75, 3.05) is 13.1 Å². The molecule has 0 fully saturated rings. The zero-order valence-corrected chi connectivity index (χ0v) is 15.6. The van der Waals surface area contributed by atoms with Crippen molar-refractivity contribution in [3.8, 4) is 0 Å². The van der Waals surface area contributed by atoms with E-state index < -0.39 is 34.5 Å². The minimum Gasteiger partial charge on any atom is -0.366 e. The van der Waals surface area contributed by atoms with Crippen molar-refractivity contribution >= 4 is 22.7 Å². The first kappa shape index (κ1) is 19.6. The minimum absolute atomic E-state index is 0.0725. The molecule has 0 bridgehead atoms. The molecule has 0 saturated carbocycles. The maximum absolute atomic E-state index is 14.6. The highest BCUT2D eigenvalue weighted by Gasteiger charge is 2.25. The van der Waals surface area contributed by atoms with Gasteiger partial charge < -0.3 is 10.7 Å². The molecular formula is C20H20F2N4O2. The van der Waals surface area contributed by atoms with Gasteiger partial charge in [-0.1, -0.05) is 13.8 Å². The van der Waals surface area contributed by atoms with Gasteiger partial charge in [0.05, 0.1) is 11.1 Å². The summed E-state index contributed by atoms with van der Waals surface area (Å²) < 4.78 is 28.8. The molecule has 0 aliphatic heterocycles. The van der Waals surface area contributed by atoms with E-state index in [-0.39, 0.29) is 5.56 Å². The van der Waals surface area contributed by atoms with Crippen LogP contribution < -0.4 is 5.73 Å². The minimum atomic E-state index is -1.26. The van der Waals surface area contributed by atoms with Gasteiger partial charge in [0.15, 0.2) is 0 Å². The zero-order valence-electron chi connectivity index (χ0n) is 15.6. The van der Waals surface area contributed by atoms with Gasteiger partial charge in [-0.05, 0) is 36.9 Å². The average Bonchev–Trinajstić information content (AvgIpc) is 3.08. The molecule has 8 heteroatoms. The molecule has 2 heterocycles. The number of nitrogens with zero attached hydrogens (tertiary/aromatic N) is 2. The summed E-state index contributed by atoms with van der Waals surface area (Å²) in [5, 5.41) is 0.456. The summed E-state index contributed by atoms with van der Waals surface area (Å²) in [6, 6.07) is 3.55. The number of H-pyrrole nitrogens is 1. The molecule has 0 atom stereocenters. The lowest BCUT2D eigenvalue weighted by molar-refractivity contribution is 0.0996. The maximum Gasteiger partial charge on any atom is 0.251 e. The van der Waals surface area contributed by atoms with Crippen LogP contribution in [0.2, 0.25) is 0 Å². The summed E-state index contributed by atoms with van der Waals surface area (Å²) in [6.45, 7) is 6.41. The van der Waals surface area contributed by atoms with E-state index in [1.165, 1.54) is 6.20 Å². The van der Waals surface area contributed by atoms with E-state index in [2.05, 4.69) is 14.9 Å². The largest absolute Gasteiger partial charge is 0.366 e. The van der Waals surface area contributed by atoms with Crippen molar-refractivity contribution in [2.45, 2.75) is 20.4 Å². The number of rotatable bonds is 7. The Morgan fingerprint density at radius 2 is 1.89 bits per heavy atom. The Labute approximate surface area is 160 Å². The van der Waals surface area contributed by atoms with Crippen molar-refractivity contribution in [1.29, 1.82) is 0 Å². The second-order valence-electron chi connectivity index (χ2n) is 6.38. The quantitative estimate of drug-likeness (QED) is 0.611. The number of ketones is 1. The molecule has 0 aliphatic rings. The van der Waals surface area contributed by atoms with Crippen molar-refractivity contribution in [3.63, 3.8) is 0 Å². The number of carbonyl (C=O) groups excluding carboxylic acids is 2. The fraction of sp³-hybridized carbons (Fsp3) is 0.250. The molecule has 146 valence electrons. The third-order valence-electron chi connectivity index (χ3n) is 4.72. The first-order valence-electron chi connectivity index (χ1n) is 8.88. The van der Waals surface area contributed by atoms with E-state index in [0.29, 0.717) is 17.6 Å². The number of amides is 1. The molecule has 0 aliphatic carbocycles. The molecule has 2 aromatic heterocycles. The second kappa shape index (κ2) is 7.85. The Morgan fingerprint density at radius 3 is 2.54 bits per heavy atom. The van der Waals surface area contributed by atoms with Crippen LogP contribution >= 0.6 is 0 Å². The molecule has 6 nitrogen and oxygen atoms in total. The lowest BCUT2D eigenvalue weighted by atomic mass is 9.99. The van der Waals surface area contributed by atoms with Crippen LogP contribution in [0.25, 0.3) is 11.0 Å². The summed E-state index contributed by atoms with van der Waals surface area (Å²) in [5.74, 6) is -4.28. The van der Waals surface area contributed by atoms with Gasteiger partial charge in [0.25, 0.3) is 5.91 Å². The SMILES string of the molecule is CCN(CC)Cc1cnc2[nH]cc(C(=O)c3c(F)ccc(C(N)=O)c3F)c2c1. The van der Waals surface area contributed by atoms with Gasteiger partial charge >= 0.3 is 0 Å². The van der Waals surface area contributed by atoms with Gasteiger partial charge in [0.2, 0.25) is 5.78 Å².